The van der Waals surface area contributed by atoms with E-state index in [0.29, 0.717) is 18.4 Å². The van der Waals surface area contributed by atoms with E-state index in [4.69, 9.17) is 5.73 Å². The van der Waals surface area contributed by atoms with E-state index in [0.717, 1.165) is 19.5 Å². The molecule has 0 radical (unpaired) electrons. The molecule has 2 unspecified atom stereocenters. The van der Waals surface area contributed by atoms with Crippen LogP contribution < -0.4 is 11.1 Å². The van der Waals surface area contributed by atoms with Crippen molar-refractivity contribution in [3.63, 3.8) is 0 Å². The number of amides is 1. The van der Waals surface area contributed by atoms with Gasteiger partial charge in [0.25, 0.3) is 0 Å². The first-order chi connectivity index (χ1) is 7.65. The number of likely N-dealkylation sites (tertiary alicyclic amines) is 1. The largest absolute Gasteiger partial charge is 0.352 e. The minimum atomic E-state index is 0.0846. The molecular formula is C12H23N3O. The number of nitrogens with zero attached hydrogens (tertiary/aromatic N) is 1. The molecule has 0 aromatic carbocycles. The molecular weight excluding hydrogens is 202 g/mol. The molecule has 1 saturated carbocycles. The fourth-order valence-corrected chi connectivity index (χ4v) is 2.48. The van der Waals surface area contributed by atoms with E-state index < -0.39 is 0 Å². The summed E-state index contributed by atoms with van der Waals surface area (Å²) in [6.07, 6.45) is 5.21. The highest BCUT2D eigenvalue weighted by Crippen LogP contribution is 2.32. The smallest absolute Gasteiger partial charge is 0.221 e. The van der Waals surface area contributed by atoms with Gasteiger partial charge in [0.15, 0.2) is 0 Å². The van der Waals surface area contributed by atoms with Crippen molar-refractivity contribution in [2.45, 2.75) is 44.2 Å². The Hall–Kier alpha value is -0.610. The number of nitrogens with two attached hydrogens (primary N) is 1. The minimum absolute atomic E-state index is 0.0846. The predicted molar refractivity (Wildman–Crippen MR) is 64.0 cm³/mol. The van der Waals surface area contributed by atoms with E-state index >= 15 is 0 Å². The van der Waals surface area contributed by atoms with Crippen molar-refractivity contribution >= 4 is 5.91 Å². The SMILES string of the molecule is CN1CCCC(NC(=O)CC(N)C2CC2)C1. The lowest BCUT2D eigenvalue weighted by Gasteiger charge is -2.30. The van der Waals surface area contributed by atoms with Gasteiger partial charge in [0.05, 0.1) is 0 Å². The first-order valence-electron chi connectivity index (χ1n) is 6.38. The number of rotatable bonds is 4. The van der Waals surface area contributed by atoms with Gasteiger partial charge in [-0.3, -0.25) is 4.79 Å². The quantitative estimate of drug-likeness (QED) is 0.724. The van der Waals surface area contributed by atoms with Crippen LogP contribution in [0.15, 0.2) is 0 Å². The second kappa shape index (κ2) is 5.15. The fourth-order valence-electron chi connectivity index (χ4n) is 2.48. The monoisotopic (exact) mass is 225 g/mol. The van der Waals surface area contributed by atoms with E-state index in [9.17, 15) is 4.79 Å². The van der Waals surface area contributed by atoms with Crippen LogP contribution in [0.1, 0.15) is 32.1 Å². The van der Waals surface area contributed by atoms with Gasteiger partial charge in [0, 0.05) is 25.0 Å². The third kappa shape index (κ3) is 3.46. The Kier molecular flexibility index (Phi) is 3.82. The summed E-state index contributed by atoms with van der Waals surface area (Å²) in [6.45, 7) is 2.12. The molecule has 3 N–H and O–H groups in total. The first-order valence-corrected chi connectivity index (χ1v) is 6.38. The standard InChI is InChI=1S/C12H23N3O/c1-15-6-2-3-10(8-15)14-12(16)7-11(13)9-4-5-9/h9-11H,2-8,13H2,1H3,(H,14,16). The number of carbonyl (C=O) groups is 1. The summed E-state index contributed by atoms with van der Waals surface area (Å²) in [6, 6.07) is 0.416. The predicted octanol–water partition coefficient (Wildman–Crippen LogP) is 0.324. The van der Waals surface area contributed by atoms with Crippen molar-refractivity contribution < 1.29 is 4.79 Å². The van der Waals surface area contributed by atoms with Crippen LogP contribution in [0.4, 0.5) is 0 Å². The van der Waals surface area contributed by atoms with Crippen molar-refractivity contribution in [1.29, 1.82) is 0 Å². The van der Waals surface area contributed by atoms with E-state index in [-0.39, 0.29) is 11.9 Å². The fraction of sp³-hybridized carbons (Fsp3) is 0.917. The van der Waals surface area contributed by atoms with Crippen molar-refractivity contribution in [3.05, 3.63) is 0 Å². The Balaban J connectivity index is 1.69. The lowest BCUT2D eigenvalue weighted by Crippen LogP contribution is -2.47. The van der Waals surface area contributed by atoms with Crippen LogP contribution in [0.3, 0.4) is 0 Å². The summed E-state index contributed by atoms with van der Waals surface area (Å²) >= 11 is 0. The number of carbonyl (C=O) groups excluding carboxylic acids is 1. The van der Waals surface area contributed by atoms with Gasteiger partial charge < -0.3 is 16.0 Å². The van der Waals surface area contributed by atoms with Crippen molar-refractivity contribution in [2.24, 2.45) is 11.7 Å². The molecule has 2 fully saturated rings. The summed E-state index contributed by atoms with van der Waals surface area (Å²) in [4.78, 5) is 14.0. The van der Waals surface area contributed by atoms with Gasteiger partial charge in [-0.05, 0) is 45.2 Å². The second-order valence-corrected chi connectivity index (χ2v) is 5.37. The molecule has 1 saturated heterocycles. The van der Waals surface area contributed by atoms with E-state index in [1.54, 1.807) is 0 Å². The molecule has 0 aromatic rings. The lowest BCUT2D eigenvalue weighted by atomic mass is 10.1. The molecule has 92 valence electrons. The van der Waals surface area contributed by atoms with Crippen molar-refractivity contribution in [1.82, 2.24) is 10.2 Å². The highest BCUT2D eigenvalue weighted by Gasteiger charge is 2.30. The van der Waals surface area contributed by atoms with Crippen LogP contribution in [0, 0.1) is 5.92 Å². The molecule has 0 aromatic heterocycles. The number of hydrogen-bond donors (Lipinski definition) is 2. The summed E-state index contributed by atoms with van der Waals surface area (Å²) in [5.41, 5.74) is 5.94. The third-order valence-corrected chi connectivity index (χ3v) is 3.64. The van der Waals surface area contributed by atoms with Gasteiger partial charge in [-0.2, -0.15) is 0 Å². The van der Waals surface area contributed by atoms with E-state index in [1.807, 2.05) is 0 Å². The molecule has 2 rings (SSSR count). The third-order valence-electron chi connectivity index (χ3n) is 3.64. The highest BCUT2D eigenvalue weighted by atomic mass is 16.1. The van der Waals surface area contributed by atoms with Gasteiger partial charge in [-0.1, -0.05) is 0 Å². The van der Waals surface area contributed by atoms with Gasteiger partial charge >= 0.3 is 0 Å². The number of likely N-dealkylation sites (N-methyl/N-ethyl adjacent to an activating group) is 1. The molecule has 1 aliphatic heterocycles. The zero-order valence-electron chi connectivity index (χ0n) is 10.1. The molecule has 0 spiro atoms. The van der Waals surface area contributed by atoms with E-state index in [1.165, 1.54) is 19.3 Å². The van der Waals surface area contributed by atoms with Crippen LogP contribution >= 0.6 is 0 Å². The van der Waals surface area contributed by atoms with Crippen LogP contribution in [-0.4, -0.2) is 43.0 Å². The van der Waals surface area contributed by atoms with Crippen LogP contribution in [0.25, 0.3) is 0 Å². The maximum Gasteiger partial charge on any atom is 0.221 e. The average molecular weight is 225 g/mol. The molecule has 1 amide bonds. The average Bonchev–Trinajstić information content (AvgIpc) is 2.99. The van der Waals surface area contributed by atoms with Crippen LogP contribution in [0.5, 0.6) is 0 Å². The summed E-state index contributed by atoms with van der Waals surface area (Å²) in [7, 11) is 2.11. The summed E-state index contributed by atoms with van der Waals surface area (Å²) < 4.78 is 0. The summed E-state index contributed by atoms with van der Waals surface area (Å²) in [5.74, 6) is 0.750. The Labute approximate surface area is 97.6 Å². The van der Waals surface area contributed by atoms with Crippen molar-refractivity contribution in [3.8, 4) is 0 Å². The minimum Gasteiger partial charge on any atom is -0.352 e. The van der Waals surface area contributed by atoms with Gasteiger partial charge in [-0.15, -0.1) is 0 Å². The van der Waals surface area contributed by atoms with E-state index in [2.05, 4.69) is 17.3 Å². The molecule has 1 heterocycles. The maximum atomic E-state index is 11.8. The lowest BCUT2D eigenvalue weighted by molar-refractivity contribution is -0.122. The molecule has 2 aliphatic rings. The Morgan fingerprint density at radius 3 is 2.88 bits per heavy atom. The van der Waals surface area contributed by atoms with Gasteiger partial charge in [0.2, 0.25) is 5.91 Å². The zero-order valence-corrected chi connectivity index (χ0v) is 10.1. The Bertz CT molecular complexity index is 253. The highest BCUT2D eigenvalue weighted by molar-refractivity contribution is 5.77. The number of nitrogens with one attached hydrogen (secondary N) is 1. The first kappa shape index (κ1) is 11.9. The normalized spacial score (nSPS) is 28.8. The number of hydrogen-bond acceptors (Lipinski definition) is 3. The molecule has 4 heteroatoms. The maximum absolute atomic E-state index is 11.8. The van der Waals surface area contributed by atoms with Crippen LogP contribution in [-0.2, 0) is 4.79 Å². The molecule has 2 atom stereocenters. The Morgan fingerprint density at radius 2 is 2.25 bits per heavy atom. The Morgan fingerprint density at radius 1 is 1.50 bits per heavy atom. The molecule has 0 bridgehead atoms. The zero-order chi connectivity index (χ0) is 11.5. The second-order valence-electron chi connectivity index (χ2n) is 5.37. The van der Waals surface area contributed by atoms with Gasteiger partial charge in [0.1, 0.15) is 0 Å². The summed E-state index contributed by atoms with van der Waals surface area (Å²) in [5, 5.41) is 3.10. The molecule has 4 nitrogen and oxygen atoms in total. The van der Waals surface area contributed by atoms with Crippen LogP contribution in [0.2, 0.25) is 0 Å². The molecule has 1 aliphatic carbocycles. The number of piperidine rings is 1. The molecule has 16 heavy (non-hydrogen) atoms. The topological polar surface area (TPSA) is 58.4 Å². The van der Waals surface area contributed by atoms with Gasteiger partial charge in [-0.25, -0.2) is 0 Å². The van der Waals surface area contributed by atoms with Crippen molar-refractivity contribution in [2.75, 3.05) is 20.1 Å².